The normalized spacial score (nSPS) is 29.9. The van der Waals surface area contributed by atoms with Crippen molar-refractivity contribution in [2.75, 3.05) is 0 Å². The average Bonchev–Trinajstić information content (AvgIpc) is 2.70. The highest BCUT2D eigenvalue weighted by atomic mass is 16.5. The first kappa shape index (κ1) is 16.7. The maximum absolute atomic E-state index is 13.5. The zero-order valence-corrected chi connectivity index (χ0v) is 15.4. The van der Waals surface area contributed by atoms with Crippen LogP contribution in [0.15, 0.2) is 54.6 Å². The molecule has 138 valence electrons. The van der Waals surface area contributed by atoms with E-state index in [4.69, 9.17) is 4.74 Å². The Balaban J connectivity index is 1.59. The van der Waals surface area contributed by atoms with E-state index in [2.05, 4.69) is 6.07 Å². The number of fused-ring (bicyclic) bond motifs is 3. The largest absolute Gasteiger partial charge is 0.425 e. The van der Waals surface area contributed by atoms with Gasteiger partial charge in [0.2, 0.25) is 0 Å². The van der Waals surface area contributed by atoms with Crippen molar-refractivity contribution in [3.8, 4) is 5.75 Å². The molecular formula is C24H24O3. The highest BCUT2D eigenvalue weighted by Gasteiger charge is 2.68. The van der Waals surface area contributed by atoms with Gasteiger partial charge in [-0.15, -0.1) is 0 Å². The van der Waals surface area contributed by atoms with Crippen LogP contribution in [0.3, 0.4) is 0 Å². The van der Waals surface area contributed by atoms with Crippen molar-refractivity contribution in [2.24, 2.45) is 17.3 Å². The molecule has 2 saturated carbocycles. The molecule has 1 heterocycles. The van der Waals surface area contributed by atoms with Gasteiger partial charge in [-0.05, 0) is 29.9 Å². The monoisotopic (exact) mass is 360 g/mol. The van der Waals surface area contributed by atoms with Crippen LogP contribution in [-0.4, -0.2) is 11.8 Å². The lowest BCUT2D eigenvalue weighted by Crippen LogP contribution is -2.61. The number of Topliss-reactive ketones (excluding diaryl/α,β-unsaturated/α-hetero) is 1. The summed E-state index contributed by atoms with van der Waals surface area (Å²) < 4.78 is 5.69. The van der Waals surface area contributed by atoms with Gasteiger partial charge < -0.3 is 4.74 Å². The molecule has 2 aliphatic carbocycles. The number of carbonyl (C=O) groups excluding carboxylic acids is 2. The van der Waals surface area contributed by atoms with E-state index >= 15 is 0 Å². The average molecular weight is 360 g/mol. The first-order valence-corrected chi connectivity index (χ1v) is 10.1. The third-order valence-corrected chi connectivity index (χ3v) is 7.03. The first-order valence-electron chi connectivity index (χ1n) is 10.1. The minimum Gasteiger partial charge on any atom is -0.425 e. The molecular weight excluding hydrogens is 336 g/mol. The number of ketones is 1. The molecule has 2 fully saturated rings. The number of rotatable bonds is 3. The smallest absolute Gasteiger partial charge is 0.326 e. The Kier molecular flexibility index (Phi) is 3.92. The van der Waals surface area contributed by atoms with E-state index < -0.39 is 5.41 Å². The third-order valence-electron chi connectivity index (χ3n) is 7.03. The maximum atomic E-state index is 13.5. The van der Waals surface area contributed by atoms with Gasteiger partial charge in [-0.2, -0.15) is 0 Å². The predicted octanol–water partition coefficient (Wildman–Crippen LogP) is 5.16. The van der Waals surface area contributed by atoms with E-state index in [0.29, 0.717) is 29.6 Å². The van der Waals surface area contributed by atoms with Gasteiger partial charge >= 0.3 is 5.97 Å². The van der Waals surface area contributed by atoms with Crippen molar-refractivity contribution >= 4 is 11.8 Å². The molecule has 3 aliphatic rings. The number of esters is 1. The van der Waals surface area contributed by atoms with Crippen LogP contribution in [0.4, 0.5) is 0 Å². The van der Waals surface area contributed by atoms with E-state index in [1.165, 1.54) is 32.1 Å². The van der Waals surface area contributed by atoms with E-state index in [-0.39, 0.29) is 17.7 Å². The summed E-state index contributed by atoms with van der Waals surface area (Å²) in [7, 11) is 0. The van der Waals surface area contributed by atoms with Gasteiger partial charge in [-0.3, -0.25) is 9.59 Å². The summed E-state index contributed by atoms with van der Waals surface area (Å²) in [6, 6.07) is 17.0. The molecule has 1 aliphatic heterocycles. The third kappa shape index (κ3) is 2.40. The Morgan fingerprint density at radius 2 is 1.63 bits per heavy atom. The lowest BCUT2D eigenvalue weighted by atomic mass is 9.45. The van der Waals surface area contributed by atoms with E-state index in [0.717, 1.165) is 5.56 Å². The summed E-state index contributed by atoms with van der Waals surface area (Å²) in [5.41, 5.74) is 0.613. The summed E-state index contributed by atoms with van der Waals surface area (Å²) >= 11 is 0. The topological polar surface area (TPSA) is 43.4 Å². The molecule has 0 aromatic heterocycles. The van der Waals surface area contributed by atoms with Gasteiger partial charge in [0.15, 0.2) is 5.78 Å². The number of hydrogen-bond acceptors (Lipinski definition) is 3. The Bertz CT molecular complexity index is 882. The molecule has 5 rings (SSSR count). The van der Waals surface area contributed by atoms with Crippen LogP contribution < -0.4 is 4.74 Å². The quantitative estimate of drug-likeness (QED) is 0.329. The summed E-state index contributed by atoms with van der Waals surface area (Å²) in [4.78, 5) is 26.7. The molecule has 0 saturated heterocycles. The van der Waals surface area contributed by atoms with E-state index in [1.54, 1.807) is 0 Å². The Hall–Kier alpha value is -2.42. The van der Waals surface area contributed by atoms with Crippen LogP contribution in [0.25, 0.3) is 0 Å². The van der Waals surface area contributed by atoms with Crippen LogP contribution in [0.1, 0.15) is 60.4 Å². The summed E-state index contributed by atoms with van der Waals surface area (Å²) in [6.45, 7) is 0. The number of benzene rings is 2. The molecule has 2 aromatic rings. The molecule has 3 heteroatoms. The second-order valence-corrected chi connectivity index (χ2v) is 8.34. The van der Waals surface area contributed by atoms with Crippen molar-refractivity contribution in [1.82, 2.24) is 0 Å². The Labute approximate surface area is 159 Å². The Morgan fingerprint density at radius 3 is 2.41 bits per heavy atom. The highest BCUT2D eigenvalue weighted by molar-refractivity contribution is 6.15. The van der Waals surface area contributed by atoms with Gasteiger partial charge in [0, 0.05) is 11.5 Å². The fourth-order valence-electron chi connectivity index (χ4n) is 5.72. The molecule has 0 radical (unpaired) electrons. The minimum absolute atomic E-state index is 0.0502. The van der Waals surface area contributed by atoms with Crippen molar-refractivity contribution in [2.45, 2.75) is 44.4 Å². The first-order chi connectivity index (χ1) is 13.2. The fraction of sp³-hybridized carbons (Fsp3) is 0.417. The van der Waals surface area contributed by atoms with Gasteiger partial charge in [0.25, 0.3) is 0 Å². The second-order valence-electron chi connectivity index (χ2n) is 8.34. The summed E-state index contributed by atoms with van der Waals surface area (Å²) in [5.74, 6) is 1.17. The summed E-state index contributed by atoms with van der Waals surface area (Å²) in [6.07, 6.45) is 6.89. The molecule has 0 spiro atoms. The lowest BCUT2D eigenvalue weighted by Gasteiger charge is -2.57. The second kappa shape index (κ2) is 6.33. The molecule has 0 unspecified atom stereocenters. The van der Waals surface area contributed by atoms with Gasteiger partial charge in [-0.1, -0.05) is 80.6 Å². The Morgan fingerprint density at radius 1 is 0.926 bits per heavy atom. The minimum atomic E-state index is -1.04. The van der Waals surface area contributed by atoms with Gasteiger partial charge in [0.1, 0.15) is 11.2 Å². The standard InChI is InChI=1S/C24H24O3/c25-22(17-11-5-2-6-12-17)24-15-19(16-9-3-1-4-10-16)21(24)18-13-7-8-14-20(18)27-23(24)26/h2,5-8,11-14,16,19,21H,1,3-4,9-10,15H2/t19-,21-,24+/m0/s1. The SMILES string of the molecule is O=C1Oc2ccccc2[C@H]2[C@H](C3CCCCC3)C[C@@]12C(=O)c1ccccc1. The number of carbonyl (C=O) groups is 2. The molecule has 3 nitrogen and oxygen atoms in total. The van der Waals surface area contributed by atoms with Crippen LogP contribution >= 0.6 is 0 Å². The molecule has 0 N–H and O–H groups in total. The van der Waals surface area contributed by atoms with E-state index in [9.17, 15) is 9.59 Å². The van der Waals surface area contributed by atoms with Crippen molar-refractivity contribution in [1.29, 1.82) is 0 Å². The predicted molar refractivity (Wildman–Crippen MR) is 103 cm³/mol. The molecule has 2 aromatic carbocycles. The van der Waals surface area contributed by atoms with Crippen molar-refractivity contribution < 1.29 is 14.3 Å². The number of hydrogen-bond donors (Lipinski definition) is 0. The molecule has 27 heavy (non-hydrogen) atoms. The van der Waals surface area contributed by atoms with Crippen molar-refractivity contribution in [3.63, 3.8) is 0 Å². The van der Waals surface area contributed by atoms with Gasteiger partial charge in [0.05, 0.1) is 0 Å². The highest BCUT2D eigenvalue weighted by Crippen LogP contribution is 2.66. The molecule has 0 bridgehead atoms. The van der Waals surface area contributed by atoms with Crippen LogP contribution in [0.2, 0.25) is 0 Å². The van der Waals surface area contributed by atoms with Crippen LogP contribution in [0.5, 0.6) is 5.75 Å². The number of para-hydroxylation sites is 1. The van der Waals surface area contributed by atoms with Crippen LogP contribution in [-0.2, 0) is 4.79 Å². The lowest BCUT2D eigenvalue weighted by molar-refractivity contribution is -0.158. The van der Waals surface area contributed by atoms with E-state index in [1.807, 2.05) is 48.5 Å². The molecule has 0 amide bonds. The number of ether oxygens (including phenoxy) is 1. The maximum Gasteiger partial charge on any atom is 0.326 e. The van der Waals surface area contributed by atoms with Crippen LogP contribution in [0, 0.1) is 17.3 Å². The zero-order chi connectivity index (χ0) is 18.4. The zero-order valence-electron chi connectivity index (χ0n) is 15.4. The summed E-state index contributed by atoms with van der Waals surface area (Å²) in [5, 5.41) is 0. The van der Waals surface area contributed by atoms with Crippen molar-refractivity contribution in [3.05, 3.63) is 65.7 Å². The fourth-order valence-corrected chi connectivity index (χ4v) is 5.72. The van der Waals surface area contributed by atoms with Gasteiger partial charge in [-0.25, -0.2) is 0 Å². The molecule has 3 atom stereocenters.